The van der Waals surface area contributed by atoms with Gasteiger partial charge in [0.1, 0.15) is 0 Å². The van der Waals surface area contributed by atoms with Crippen molar-refractivity contribution in [2.24, 2.45) is 11.7 Å². The Hall–Kier alpha value is -0.410. The molecular formula is C9H16N2S. The molecule has 1 atom stereocenters. The fourth-order valence-corrected chi connectivity index (χ4v) is 2.09. The van der Waals surface area contributed by atoms with Gasteiger partial charge in [-0.25, -0.2) is 4.98 Å². The van der Waals surface area contributed by atoms with E-state index in [1.807, 2.05) is 6.92 Å². The first-order chi connectivity index (χ1) is 5.59. The van der Waals surface area contributed by atoms with Crippen molar-refractivity contribution in [1.29, 1.82) is 0 Å². The van der Waals surface area contributed by atoms with Gasteiger partial charge in [0.05, 0.1) is 10.7 Å². The van der Waals surface area contributed by atoms with Gasteiger partial charge in [-0.1, -0.05) is 13.8 Å². The van der Waals surface area contributed by atoms with Crippen LogP contribution in [0.15, 0.2) is 5.38 Å². The zero-order chi connectivity index (χ0) is 9.14. The Kier molecular flexibility index (Phi) is 3.23. The highest BCUT2D eigenvalue weighted by molar-refractivity contribution is 7.09. The van der Waals surface area contributed by atoms with Crippen LogP contribution >= 0.6 is 11.3 Å². The molecule has 0 saturated heterocycles. The summed E-state index contributed by atoms with van der Waals surface area (Å²) in [6.07, 6.45) is 1.07. The lowest BCUT2D eigenvalue weighted by atomic mass is 10.1. The van der Waals surface area contributed by atoms with Crippen LogP contribution in [0.1, 0.15) is 37.5 Å². The Morgan fingerprint density at radius 3 is 2.58 bits per heavy atom. The molecule has 0 amide bonds. The van der Waals surface area contributed by atoms with Crippen molar-refractivity contribution in [2.45, 2.75) is 33.2 Å². The summed E-state index contributed by atoms with van der Waals surface area (Å²) in [4.78, 5) is 4.44. The Balaban J connectivity index is 2.64. The molecule has 1 aromatic rings. The first-order valence-corrected chi connectivity index (χ1v) is 5.17. The van der Waals surface area contributed by atoms with Gasteiger partial charge >= 0.3 is 0 Å². The van der Waals surface area contributed by atoms with Gasteiger partial charge in [-0.15, -0.1) is 11.3 Å². The van der Waals surface area contributed by atoms with Gasteiger partial charge in [-0.3, -0.25) is 0 Å². The summed E-state index contributed by atoms with van der Waals surface area (Å²) in [5.41, 5.74) is 6.73. The van der Waals surface area contributed by atoms with Crippen LogP contribution in [0, 0.1) is 5.92 Å². The van der Waals surface area contributed by atoms with Crippen molar-refractivity contribution in [1.82, 2.24) is 4.98 Å². The second kappa shape index (κ2) is 4.01. The Labute approximate surface area is 77.8 Å². The van der Waals surface area contributed by atoms with Crippen LogP contribution < -0.4 is 5.73 Å². The molecule has 0 saturated carbocycles. The maximum Gasteiger partial charge on any atom is 0.0931 e. The number of hydrogen-bond acceptors (Lipinski definition) is 3. The third kappa shape index (κ3) is 2.57. The minimum Gasteiger partial charge on any atom is -0.323 e. The van der Waals surface area contributed by atoms with Crippen LogP contribution in [0.5, 0.6) is 0 Å². The van der Waals surface area contributed by atoms with Crippen LogP contribution in [-0.2, 0) is 6.42 Å². The number of aromatic nitrogens is 1. The van der Waals surface area contributed by atoms with E-state index in [0.29, 0.717) is 5.92 Å². The second-order valence-corrected chi connectivity index (χ2v) is 4.50. The van der Waals surface area contributed by atoms with Gasteiger partial charge in [0.2, 0.25) is 0 Å². The molecule has 1 heterocycles. The summed E-state index contributed by atoms with van der Waals surface area (Å²) < 4.78 is 0. The summed E-state index contributed by atoms with van der Waals surface area (Å²) >= 11 is 1.72. The second-order valence-electron chi connectivity index (χ2n) is 3.55. The highest BCUT2D eigenvalue weighted by atomic mass is 32.1. The standard InChI is InChI=1S/C9H16N2S/c1-6(2)4-9-11-8(5-12-9)7(3)10/h5-7H,4,10H2,1-3H3. The van der Waals surface area contributed by atoms with E-state index in [4.69, 9.17) is 5.73 Å². The lowest BCUT2D eigenvalue weighted by Crippen LogP contribution is -2.05. The van der Waals surface area contributed by atoms with Crippen molar-refractivity contribution in [2.75, 3.05) is 0 Å². The van der Waals surface area contributed by atoms with E-state index >= 15 is 0 Å². The number of nitrogens with zero attached hydrogens (tertiary/aromatic N) is 1. The molecule has 0 bridgehead atoms. The molecule has 0 aliphatic heterocycles. The molecule has 0 spiro atoms. The van der Waals surface area contributed by atoms with Gasteiger partial charge in [0.15, 0.2) is 0 Å². The predicted octanol–water partition coefficient (Wildman–Crippen LogP) is 2.36. The molecule has 12 heavy (non-hydrogen) atoms. The van der Waals surface area contributed by atoms with Gasteiger partial charge in [-0.05, 0) is 12.8 Å². The molecular weight excluding hydrogens is 168 g/mol. The van der Waals surface area contributed by atoms with Crippen molar-refractivity contribution in [3.05, 3.63) is 16.1 Å². The molecule has 1 unspecified atom stereocenters. The van der Waals surface area contributed by atoms with Crippen molar-refractivity contribution in [3.8, 4) is 0 Å². The Morgan fingerprint density at radius 2 is 2.17 bits per heavy atom. The summed E-state index contributed by atoms with van der Waals surface area (Å²) in [5.74, 6) is 0.678. The molecule has 0 aliphatic carbocycles. The number of nitrogens with two attached hydrogens (primary N) is 1. The maximum absolute atomic E-state index is 5.70. The minimum absolute atomic E-state index is 0.0714. The molecule has 2 nitrogen and oxygen atoms in total. The lowest BCUT2D eigenvalue weighted by Gasteiger charge is -2.00. The summed E-state index contributed by atoms with van der Waals surface area (Å²) in [6, 6.07) is 0.0714. The molecule has 0 radical (unpaired) electrons. The first kappa shape index (κ1) is 9.68. The minimum atomic E-state index is 0.0714. The van der Waals surface area contributed by atoms with E-state index in [1.54, 1.807) is 11.3 Å². The average Bonchev–Trinajstić information content (AvgIpc) is 2.34. The van der Waals surface area contributed by atoms with Crippen LogP contribution in [-0.4, -0.2) is 4.98 Å². The number of rotatable bonds is 3. The van der Waals surface area contributed by atoms with E-state index < -0.39 is 0 Å². The smallest absolute Gasteiger partial charge is 0.0931 e. The third-order valence-corrected chi connectivity index (χ3v) is 2.51. The molecule has 0 fully saturated rings. The van der Waals surface area contributed by atoms with Gasteiger partial charge in [0, 0.05) is 17.8 Å². The highest BCUT2D eigenvalue weighted by Gasteiger charge is 2.06. The van der Waals surface area contributed by atoms with Crippen molar-refractivity contribution < 1.29 is 0 Å². The van der Waals surface area contributed by atoms with Crippen LogP contribution in [0.3, 0.4) is 0 Å². The largest absolute Gasteiger partial charge is 0.323 e. The van der Waals surface area contributed by atoms with Gasteiger partial charge in [0.25, 0.3) is 0 Å². The van der Waals surface area contributed by atoms with Crippen LogP contribution in [0.2, 0.25) is 0 Å². The number of hydrogen-bond donors (Lipinski definition) is 1. The lowest BCUT2D eigenvalue weighted by molar-refractivity contribution is 0.640. The monoisotopic (exact) mass is 184 g/mol. The summed E-state index contributed by atoms with van der Waals surface area (Å²) in [7, 11) is 0. The third-order valence-electron chi connectivity index (χ3n) is 1.62. The maximum atomic E-state index is 5.70. The highest BCUT2D eigenvalue weighted by Crippen LogP contribution is 2.17. The molecule has 0 aromatic carbocycles. The van der Waals surface area contributed by atoms with Crippen LogP contribution in [0.25, 0.3) is 0 Å². The van der Waals surface area contributed by atoms with Crippen LogP contribution in [0.4, 0.5) is 0 Å². The quantitative estimate of drug-likeness (QED) is 0.783. The fourth-order valence-electron chi connectivity index (χ4n) is 0.977. The van der Waals surface area contributed by atoms with Crippen molar-refractivity contribution >= 4 is 11.3 Å². The van der Waals surface area contributed by atoms with Crippen molar-refractivity contribution in [3.63, 3.8) is 0 Å². The SMILES string of the molecule is CC(C)Cc1nc(C(C)N)cs1. The zero-order valence-corrected chi connectivity index (χ0v) is 8.69. The first-order valence-electron chi connectivity index (χ1n) is 4.29. The fraction of sp³-hybridized carbons (Fsp3) is 0.667. The van der Waals surface area contributed by atoms with Gasteiger partial charge in [-0.2, -0.15) is 0 Å². The van der Waals surface area contributed by atoms with E-state index in [9.17, 15) is 0 Å². The zero-order valence-electron chi connectivity index (χ0n) is 7.87. The van der Waals surface area contributed by atoms with Gasteiger partial charge < -0.3 is 5.73 Å². The van der Waals surface area contributed by atoms with E-state index in [0.717, 1.165) is 12.1 Å². The Bertz CT molecular complexity index is 240. The molecule has 1 rings (SSSR count). The topological polar surface area (TPSA) is 38.9 Å². The molecule has 2 N–H and O–H groups in total. The normalized spacial score (nSPS) is 13.8. The average molecular weight is 184 g/mol. The van der Waals surface area contributed by atoms with E-state index in [1.165, 1.54) is 5.01 Å². The molecule has 3 heteroatoms. The number of thiazole rings is 1. The molecule has 1 aromatic heterocycles. The van der Waals surface area contributed by atoms with E-state index in [-0.39, 0.29) is 6.04 Å². The van der Waals surface area contributed by atoms with E-state index in [2.05, 4.69) is 24.2 Å². The summed E-state index contributed by atoms with van der Waals surface area (Å²) in [5, 5.41) is 3.26. The molecule has 68 valence electrons. The Morgan fingerprint density at radius 1 is 1.50 bits per heavy atom. The predicted molar refractivity (Wildman–Crippen MR) is 53.3 cm³/mol. The summed E-state index contributed by atoms with van der Waals surface area (Å²) in [6.45, 7) is 6.37. The molecule has 0 aliphatic rings.